The SMILES string of the molecule is COc1ccc(CCNC(=O)C2CCN(Cc3ccccc3)CC2)cc1. The van der Waals surface area contributed by atoms with Gasteiger partial charge in [-0.2, -0.15) is 0 Å². The van der Waals surface area contributed by atoms with Gasteiger partial charge in [-0.3, -0.25) is 9.69 Å². The fourth-order valence-electron chi connectivity index (χ4n) is 3.46. The van der Waals surface area contributed by atoms with Crippen molar-refractivity contribution in [1.82, 2.24) is 10.2 Å². The predicted octanol–water partition coefficient (Wildman–Crippen LogP) is 3.27. The Bertz CT molecular complexity index is 677. The summed E-state index contributed by atoms with van der Waals surface area (Å²) in [5.41, 5.74) is 2.55. The summed E-state index contributed by atoms with van der Waals surface area (Å²) in [6.45, 7) is 3.65. The van der Waals surface area contributed by atoms with E-state index < -0.39 is 0 Å². The number of benzene rings is 2. The molecule has 2 aromatic rings. The largest absolute Gasteiger partial charge is 0.497 e. The summed E-state index contributed by atoms with van der Waals surface area (Å²) < 4.78 is 5.16. The molecule has 1 aliphatic heterocycles. The number of amides is 1. The van der Waals surface area contributed by atoms with Crippen LogP contribution in [-0.4, -0.2) is 37.6 Å². The lowest BCUT2D eigenvalue weighted by atomic mass is 9.95. The van der Waals surface area contributed by atoms with Gasteiger partial charge in [-0.05, 0) is 55.6 Å². The Labute approximate surface area is 156 Å². The molecule has 1 saturated heterocycles. The molecular formula is C22H28N2O2. The molecule has 0 aromatic heterocycles. The molecule has 1 heterocycles. The molecule has 0 spiro atoms. The van der Waals surface area contributed by atoms with Crippen molar-refractivity contribution < 1.29 is 9.53 Å². The van der Waals surface area contributed by atoms with Gasteiger partial charge in [-0.1, -0.05) is 42.5 Å². The predicted molar refractivity (Wildman–Crippen MR) is 104 cm³/mol. The quantitative estimate of drug-likeness (QED) is 0.832. The first kappa shape index (κ1) is 18.5. The lowest BCUT2D eigenvalue weighted by Gasteiger charge is -2.31. The summed E-state index contributed by atoms with van der Waals surface area (Å²) in [6.07, 6.45) is 2.74. The molecule has 0 atom stereocenters. The van der Waals surface area contributed by atoms with E-state index in [9.17, 15) is 4.79 Å². The minimum Gasteiger partial charge on any atom is -0.497 e. The van der Waals surface area contributed by atoms with Crippen LogP contribution in [0.2, 0.25) is 0 Å². The van der Waals surface area contributed by atoms with E-state index in [4.69, 9.17) is 4.74 Å². The van der Waals surface area contributed by atoms with Gasteiger partial charge in [0.1, 0.15) is 5.75 Å². The molecule has 1 aliphatic rings. The number of nitrogens with zero attached hydrogens (tertiary/aromatic N) is 1. The molecule has 26 heavy (non-hydrogen) atoms. The number of likely N-dealkylation sites (tertiary alicyclic amines) is 1. The van der Waals surface area contributed by atoms with E-state index >= 15 is 0 Å². The fraction of sp³-hybridized carbons (Fsp3) is 0.409. The fourth-order valence-corrected chi connectivity index (χ4v) is 3.46. The minimum absolute atomic E-state index is 0.151. The first-order valence-electron chi connectivity index (χ1n) is 9.41. The summed E-state index contributed by atoms with van der Waals surface area (Å²) in [5.74, 6) is 1.22. The average molecular weight is 352 g/mol. The highest BCUT2D eigenvalue weighted by atomic mass is 16.5. The highest BCUT2D eigenvalue weighted by Crippen LogP contribution is 2.19. The van der Waals surface area contributed by atoms with Crippen LogP contribution in [0.5, 0.6) is 5.75 Å². The van der Waals surface area contributed by atoms with Crippen molar-refractivity contribution in [2.24, 2.45) is 5.92 Å². The molecule has 0 aliphatic carbocycles. The second-order valence-corrected chi connectivity index (χ2v) is 6.93. The number of ether oxygens (including phenoxy) is 1. The van der Waals surface area contributed by atoms with Crippen LogP contribution in [0.3, 0.4) is 0 Å². The molecular weight excluding hydrogens is 324 g/mol. The Hall–Kier alpha value is -2.33. The number of hydrogen-bond donors (Lipinski definition) is 1. The Morgan fingerprint density at radius 3 is 2.38 bits per heavy atom. The lowest BCUT2D eigenvalue weighted by molar-refractivity contribution is -0.126. The van der Waals surface area contributed by atoms with E-state index in [0.29, 0.717) is 6.54 Å². The van der Waals surface area contributed by atoms with Crippen LogP contribution in [-0.2, 0) is 17.8 Å². The molecule has 0 saturated carbocycles. The zero-order valence-corrected chi connectivity index (χ0v) is 15.5. The molecule has 0 radical (unpaired) electrons. The first-order chi connectivity index (χ1) is 12.7. The Morgan fingerprint density at radius 1 is 1.04 bits per heavy atom. The number of piperidine rings is 1. The Balaban J connectivity index is 1.36. The third kappa shape index (κ3) is 5.33. The molecule has 1 amide bonds. The summed E-state index contributed by atoms with van der Waals surface area (Å²) >= 11 is 0. The molecule has 4 nitrogen and oxygen atoms in total. The number of carbonyl (C=O) groups excluding carboxylic acids is 1. The molecule has 4 heteroatoms. The van der Waals surface area contributed by atoms with Gasteiger partial charge in [0.2, 0.25) is 5.91 Å². The number of carbonyl (C=O) groups is 1. The van der Waals surface area contributed by atoms with E-state index in [2.05, 4.69) is 34.5 Å². The van der Waals surface area contributed by atoms with Crippen molar-refractivity contribution in [2.45, 2.75) is 25.8 Å². The topological polar surface area (TPSA) is 41.6 Å². The van der Waals surface area contributed by atoms with Gasteiger partial charge in [0.15, 0.2) is 0 Å². The Morgan fingerprint density at radius 2 is 1.73 bits per heavy atom. The summed E-state index contributed by atoms with van der Waals surface area (Å²) in [6, 6.07) is 18.6. The minimum atomic E-state index is 0.151. The maximum Gasteiger partial charge on any atom is 0.223 e. The van der Waals surface area contributed by atoms with Crippen LogP contribution >= 0.6 is 0 Å². The molecule has 1 fully saturated rings. The van der Waals surface area contributed by atoms with Crippen molar-refractivity contribution in [3.05, 3.63) is 65.7 Å². The number of rotatable bonds is 7. The van der Waals surface area contributed by atoms with Crippen LogP contribution < -0.4 is 10.1 Å². The molecule has 0 unspecified atom stereocenters. The summed E-state index contributed by atoms with van der Waals surface area (Å²) in [5, 5.41) is 3.11. The highest BCUT2D eigenvalue weighted by Gasteiger charge is 2.24. The second kappa shape index (κ2) is 9.39. The lowest BCUT2D eigenvalue weighted by Crippen LogP contribution is -2.40. The van der Waals surface area contributed by atoms with E-state index in [1.165, 1.54) is 11.1 Å². The maximum absolute atomic E-state index is 12.4. The highest BCUT2D eigenvalue weighted by molar-refractivity contribution is 5.78. The average Bonchev–Trinajstić information content (AvgIpc) is 2.70. The third-order valence-electron chi connectivity index (χ3n) is 5.08. The van der Waals surface area contributed by atoms with Crippen molar-refractivity contribution in [3.63, 3.8) is 0 Å². The van der Waals surface area contributed by atoms with Crippen LogP contribution in [0, 0.1) is 5.92 Å². The van der Waals surface area contributed by atoms with Crippen molar-refractivity contribution >= 4 is 5.91 Å². The van der Waals surface area contributed by atoms with Gasteiger partial charge in [0, 0.05) is 19.0 Å². The van der Waals surface area contributed by atoms with Gasteiger partial charge >= 0.3 is 0 Å². The van der Waals surface area contributed by atoms with Gasteiger partial charge < -0.3 is 10.1 Å². The monoisotopic (exact) mass is 352 g/mol. The van der Waals surface area contributed by atoms with E-state index in [1.54, 1.807) is 7.11 Å². The van der Waals surface area contributed by atoms with Crippen LogP contribution in [0.1, 0.15) is 24.0 Å². The molecule has 1 N–H and O–H groups in total. The van der Waals surface area contributed by atoms with E-state index in [-0.39, 0.29) is 11.8 Å². The molecule has 138 valence electrons. The third-order valence-corrected chi connectivity index (χ3v) is 5.08. The van der Waals surface area contributed by atoms with Crippen molar-refractivity contribution in [1.29, 1.82) is 0 Å². The van der Waals surface area contributed by atoms with E-state index in [0.717, 1.165) is 44.6 Å². The number of hydrogen-bond acceptors (Lipinski definition) is 3. The standard InChI is InChI=1S/C22H28N2O2/c1-26-21-9-7-18(8-10-21)11-14-23-22(25)20-12-15-24(16-13-20)17-19-5-3-2-4-6-19/h2-10,20H,11-17H2,1H3,(H,23,25). The van der Waals surface area contributed by atoms with Gasteiger partial charge in [0.05, 0.1) is 7.11 Å². The van der Waals surface area contributed by atoms with Crippen LogP contribution in [0.25, 0.3) is 0 Å². The van der Waals surface area contributed by atoms with Gasteiger partial charge in [-0.15, -0.1) is 0 Å². The van der Waals surface area contributed by atoms with Crippen LogP contribution in [0.15, 0.2) is 54.6 Å². The van der Waals surface area contributed by atoms with Gasteiger partial charge in [0.25, 0.3) is 0 Å². The number of methoxy groups -OCH3 is 1. The van der Waals surface area contributed by atoms with Crippen LogP contribution in [0.4, 0.5) is 0 Å². The van der Waals surface area contributed by atoms with Crippen molar-refractivity contribution in [3.8, 4) is 5.75 Å². The normalized spacial score (nSPS) is 15.6. The molecule has 3 rings (SSSR count). The van der Waals surface area contributed by atoms with Gasteiger partial charge in [-0.25, -0.2) is 0 Å². The summed E-state index contributed by atoms with van der Waals surface area (Å²) in [7, 11) is 1.67. The van der Waals surface area contributed by atoms with Crippen molar-refractivity contribution in [2.75, 3.05) is 26.7 Å². The number of nitrogens with one attached hydrogen (secondary N) is 1. The molecule has 2 aromatic carbocycles. The van der Waals surface area contributed by atoms with E-state index in [1.807, 2.05) is 30.3 Å². The zero-order chi connectivity index (χ0) is 18.2. The maximum atomic E-state index is 12.4. The second-order valence-electron chi connectivity index (χ2n) is 6.93. The summed E-state index contributed by atoms with van der Waals surface area (Å²) in [4.78, 5) is 14.8. The smallest absolute Gasteiger partial charge is 0.223 e. The molecule has 0 bridgehead atoms. The Kier molecular flexibility index (Phi) is 6.67. The first-order valence-corrected chi connectivity index (χ1v) is 9.41. The zero-order valence-electron chi connectivity index (χ0n) is 15.5.